The number of halogens is 1. The lowest BCUT2D eigenvalue weighted by Crippen LogP contribution is -2.38. The van der Waals surface area contributed by atoms with E-state index in [1.807, 2.05) is 0 Å². The molecule has 0 unspecified atom stereocenters. The molecule has 0 aromatic heterocycles. The van der Waals surface area contributed by atoms with E-state index >= 15 is 0 Å². The lowest BCUT2D eigenvalue weighted by Gasteiger charge is -2.23. The van der Waals surface area contributed by atoms with Crippen molar-refractivity contribution in [1.82, 2.24) is 0 Å². The van der Waals surface area contributed by atoms with Crippen LogP contribution in [-0.4, -0.2) is 8.07 Å². The molecule has 2 heteroatoms. The molecule has 0 saturated carbocycles. The third-order valence-corrected chi connectivity index (χ3v) is 5.17. The van der Waals surface area contributed by atoms with Gasteiger partial charge in [-0.3, -0.25) is 0 Å². The monoisotopic (exact) mass is 240 g/mol. The van der Waals surface area contributed by atoms with Crippen molar-refractivity contribution in [3.8, 4) is 0 Å². The quantitative estimate of drug-likeness (QED) is 0.646. The lowest BCUT2D eigenvalue weighted by atomic mass is 9.87. The smallest absolute Gasteiger partial charge is 0.0795 e. The van der Waals surface area contributed by atoms with Gasteiger partial charge < -0.3 is 0 Å². The largest absolute Gasteiger partial charge is 0.0845 e. The van der Waals surface area contributed by atoms with E-state index in [1.165, 1.54) is 10.8 Å². The fourth-order valence-corrected chi connectivity index (χ4v) is 3.99. The summed E-state index contributed by atoms with van der Waals surface area (Å²) in [5.41, 5.74) is 1.50. The van der Waals surface area contributed by atoms with Crippen LogP contribution in [0.5, 0.6) is 0 Å². The SMILES string of the molecule is CC(C)(C)c1ccc([Si](C)(C)C)c(Cl)c1. The fraction of sp³-hybridized carbons (Fsp3) is 0.538. The first-order valence-corrected chi connectivity index (χ1v) is 9.30. The molecular weight excluding hydrogens is 220 g/mol. The van der Waals surface area contributed by atoms with Crippen molar-refractivity contribution in [1.29, 1.82) is 0 Å². The first-order chi connectivity index (χ1) is 6.62. The molecule has 0 aliphatic heterocycles. The van der Waals surface area contributed by atoms with Gasteiger partial charge in [-0.2, -0.15) is 0 Å². The van der Waals surface area contributed by atoms with Gasteiger partial charge in [0.05, 0.1) is 8.07 Å². The van der Waals surface area contributed by atoms with Crippen molar-refractivity contribution < 1.29 is 0 Å². The Bertz CT molecular complexity index is 356. The molecule has 15 heavy (non-hydrogen) atoms. The van der Waals surface area contributed by atoms with Gasteiger partial charge in [-0.05, 0) is 22.2 Å². The molecule has 0 radical (unpaired) electrons. The van der Waals surface area contributed by atoms with E-state index in [0.29, 0.717) is 0 Å². The van der Waals surface area contributed by atoms with Gasteiger partial charge in [0, 0.05) is 5.02 Å². The van der Waals surface area contributed by atoms with E-state index in [4.69, 9.17) is 11.6 Å². The maximum atomic E-state index is 6.35. The van der Waals surface area contributed by atoms with Crippen LogP contribution in [0.3, 0.4) is 0 Å². The molecule has 0 bridgehead atoms. The zero-order valence-electron chi connectivity index (χ0n) is 10.6. The molecule has 0 fully saturated rings. The fourth-order valence-electron chi connectivity index (χ4n) is 1.59. The molecule has 0 heterocycles. The van der Waals surface area contributed by atoms with Crippen LogP contribution in [0.2, 0.25) is 24.7 Å². The zero-order chi connectivity index (χ0) is 11.9. The van der Waals surface area contributed by atoms with E-state index in [-0.39, 0.29) is 5.41 Å². The first kappa shape index (κ1) is 12.8. The minimum Gasteiger partial charge on any atom is -0.0845 e. The highest BCUT2D eigenvalue weighted by molar-refractivity contribution is 6.90. The Labute approximate surface area is 99.7 Å². The zero-order valence-corrected chi connectivity index (χ0v) is 12.4. The first-order valence-electron chi connectivity index (χ1n) is 5.43. The van der Waals surface area contributed by atoms with E-state index in [9.17, 15) is 0 Å². The second-order valence-corrected chi connectivity index (χ2v) is 11.6. The molecule has 1 aromatic rings. The van der Waals surface area contributed by atoms with Crippen molar-refractivity contribution in [3.63, 3.8) is 0 Å². The average Bonchev–Trinajstić information content (AvgIpc) is 1.99. The maximum absolute atomic E-state index is 6.35. The number of rotatable bonds is 1. The molecule has 0 atom stereocenters. The average molecular weight is 241 g/mol. The van der Waals surface area contributed by atoms with Crippen LogP contribution in [0.25, 0.3) is 0 Å². The Morgan fingerprint density at radius 1 is 1.07 bits per heavy atom. The molecule has 0 aliphatic carbocycles. The molecular formula is C13H21ClSi. The molecule has 0 spiro atoms. The second-order valence-electron chi connectivity index (χ2n) is 6.19. The molecule has 0 saturated heterocycles. The minimum absolute atomic E-state index is 0.182. The van der Waals surface area contributed by atoms with Gasteiger partial charge >= 0.3 is 0 Å². The molecule has 1 rings (SSSR count). The van der Waals surface area contributed by atoms with Crippen molar-refractivity contribution >= 4 is 24.9 Å². The van der Waals surface area contributed by atoms with Crippen LogP contribution in [0, 0.1) is 0 Å². The lowest BCUT2D eigenvalue weighted by molar-refractivity contribution is 0.590. The summed E-state index contributed by atoms with van der Waals surface area (Å²) >= 11 is 6.35. The third-order valence-electron chi connectivity index (χ3n) is 2.64. The molecule has 0 nitrogen and oxygen atoms in total. The molecule has 0 N–H and O–H groups in total. The highest BCUT2D eigenvalue weighted by atomic mass is 35.5. The van der Waals surface area contributed by atoms with Crippen LogP contribution in [0.4, 0.5) is 0 Å². The highest BCUT2D eigenvalue weighted by Gasteiger charge is 2.21. The van der Waals surface area contributed by atoms with Crippen LogP contribution >= 0.6 is 11.6 Å². The Morgan fingerprint density at radius 2 is 1.60 bits per heavy atom. The summed E-state index contributed by atoms with van der Waals surface area (Å²) < 4.78 is 0. The van der Waals surface area contributed by atoms with Gasteiger partial charge in [-0.1, -0.05) is 64.1 Å². The number of benzene rings is 1. The normalized spacial score (nSPS) is 13.0. The third kappa shape index (κ3) is 3.09. The number of hydrogen-bond acceptors (Lipinski definition) is 0. The van der Waals surface area contributed by atoms with E-state index in [2.05, 4.69) is 58.6 Å². The minimum atomic E-state index is -1.29. The summed E-state index contributed by atoms with van der Waals surface area (Å²) in [6.07, 6.45) is 0. The van der Waals surface area contributed by atoms with Crippen molar-refractivity contribution in [2.24, 2.45) is 0 Å². The molecule has 0 amide bonds. The molecule has 0 aliphatic rings. The van der Waals surface area contributed by atoms with Gasteiger partial charge in [0.1, 0.15) is 0 Å². The summed E-state index contributed by atoms with van der Waals surface area (Å²) in [5.74, 6) is 0. The van der Waals surface area contributed by atoms with Gasteiger partial charge in [0.2, 0.25) is 0 Å². The van der Waals surface area contributed by atoms with Crippen LogP contribution in [0.1, 0.15) is 26.3 Å². The van der Waals surface area contributed by atoms with E-state index < -0.39 is 8.07 Å². The van der Waals surface area contributed by atoms with Crippen LogP contribution < -0.4 is 5.19 Å². The van der Waals surface area contributed by atoms with Crippen LogP contribution in [0.15, 0.2) is 18.2 Å². The van der Waals surface area contributed by atoms with Gasteiger partial charge in [0.25, 0.3) is 0 Å². The number of hydrogen-bond donors (Lipinski definition) is 0. The predicted molar refractivity (Wildman–Crippen MR) is 73.1 cm³/mol. The Balaban J connectivity index is 3.21. The predicted octanol–water partition coefficient (Wildman–Crippen LogP) is 4.18. The van der Waals surface area contributed by atoms with Gasteiger partial charge in [-0.15, -0.1) is 0 Å². The topological polar surface area (TPSA) is 0 Å². The summed E-state index contributed by atoms with van der Waals surface area (Å²) in [4.78, 5) is 0. The second kappa shape index (κ2) is 3.95. The van der Waals surface area contributed by atoms with E-state index in [1.54, 1.807) is 0 Å². The Kier molecular flexibility index (Phi) is 3.37. The summed E-state index contributed by atoms with van der Waals surface area (Å²) in [5, 5.41) is 2.30. The van der Waals surface area contributed by atoms with Crippen LogP contribution in [-0.2, 0) is 5.41 Å². The van der Waals surface area contributed by atoms with Crippen molar-refractivity contribution in [3.05, 3.63) is 28.8 Å². The summed E-state index contributed by atoms with van der Waals surface area (Å²) in [6.45, 7) is 13.6. The molecule has 84 valence electrons. The maximum Gasteiger partial charge on any atom is 0.0795 e. The van der Waals surface area contributed by atoms with Gasteiger partial charge in [-0.25, -0.2) is 0 Å². The van der Waals surface area contributed by atoms with Gasteiger partial charge in [0.15, 0.2) is 0 Å². The standard InChI is InChI=1S/C13H21ClSi/c1-13(2,3)10-7-8-12(11(14)9-10)15(4,5)6/h7-9H,1-6H3. The summed E-state index contributed by atoms with van der Waals surface area (Å²) in [7, 11) is -1.29. The Morgan fingerprint density at radius 3 is 1.93 bits per heavy atom. The summed E-state index contributed by atoms with van der Waals surface area (Å²) in [6, 6.07) is 6.57. The van der Waals surface area contributed by atoms with Crippen molar-refractivity contribution in [2.45, 2.75) is 45.8 Å². The highest BCUT2D eigenvalue weighted by Crippen LogP contribution is 2.25. The molecule has 1 aromatic carbocycles. The Hall–Kier alpha value is -0.273. The van der Waals surface area contributed by atoms with E-state index in [0.717, 1.165) is 5.02 Å². The van der Waals surface area contributed by atoms with Crippen molar-refractivity contribution in [2.75, 3.05) is 0 Å².